The lowest BCUT2D eigenvalue weighted by molar-refractivity contribution is -0.186. The van der Waals surface area contributed by atoms with Crippen LogP contribution in [0.2, 0.25) is 0 Å². The van der Waals surface area contributed by atoms with Gasteiger partial charge in [0.2, 0.25) is 6.79 Å². The molecule has 0 saturated carbocycles. The zero-order valence-electron chi connectivity index (χ0n) is 30.5. The zero-order valence-corrected chi connectivity index (χ0v) is 31.3. The summed E-state index contributed by atoms with van der Waals surface area (Å²) in [6.07, 6.45) is 0.297. The lowest BCUT2D eigenvalue weighted by Gasteiger charge is -2.62. The molecule has 7 aliphatic rings. The summed E-state index contributed by atoms with van der Waals surface area (Å²) < 4.78 is 24.7. The molecule has 2 fully saturated rings. The largest absolute Gasteiger partial charge is 0.504 e. The number of rotatable bonds is 2. The first-order valence-electron chi connectivity index (χ1n) is 18.5. The number of aromatic hydroxyl groups is 1. The molecule has 7 aliphatic heterocycles. The molecule has 0 amide bonds. The van der Waals surface area contributed by atoms with Crippen LogP contribution in [0.25, 0.3) is 10.9 Å². The molecule has 3 aromatic carbocycles. The molecule has 4 bridgehead atoms. The maximum Gasteiger partial charge on any atom is 0.333 e. The van der Waals surface area contributed by atoms with Crippen LogP contribution in [0.4, 0.5) is 0 Å². The average Bonchev–Trinajstić information content (AvgIpc) is 3.80. The standard InChI is InChI=1S/C40H45N5O7S/c1-17-10-20-11-25-38(47)45-26-14-50-39(48)40(37-23(12-21(13-41)43-40)22-8-6-7-9-24(22)42-37)15-53-36(27-18(2)19(3)34-35(29(26)27)52-16-51-34)31(45)30(44(25)4)28(20)32(46)33(17)49-5/h6-10,21,25-26,30-31,36,38,42-43,46-47H,11-16,41H2,1-5H3/t21-,25-,26-,30+,31+,36+,38-,40+/m0/s1. The Labute approximate surface area is 311 Å². The Kier molecular flexibility index (Phi) is 7.45. The Morgan fingerprint density at radius 1 is 1.08 bits per heavy atom. The van der Waals surface area contributed by atoms with Crippen LogP contribution in [-0.2, 0) is 27.9 Å². The number of fused-ring (bicyclic) bond motifs is 11. The predicted octanol–water partition coefficient (Wildman–Crippen LogP) is 3.89. The molecule has 0 radical (unpaired) electrons. The molecule has 0 unspecified atom stereocenters. The Morgan fingerprint density at radius 2 is 1.87 bits per heavy atom. The van der Waals surface area contributed by atoms with Crippen LogP contribution < -0.4 is 25.3 Å². The van der Waals surface area contributed by atoms with Crippen molar-refractivity contribution in [2.24, 2.45) is 5.73 Å². The molecule has 6 N–H and O–H groups in total. The molecule has 12 nitrogen and oxygen atoms in total. The van der Waals surface area contributed by atoms with Crippen LogP contribution in [0.5, 0.6) is 23.0 Å². The number of aliphatic hydroxyl groups excluding tert-OH is 1. The number of esters is 1. The van der Waals surface area contributed by atoms with Gasteiger partial charge in [0.1, 0.15) is 12.8 Å². The number of carbonyl (C=O) groups excluding carboxylic acids is 1. The van der Waals surface area contributed by atoms with Crippen molar-refractivity contribution in [1.82, 2.24) is 20.1 Å². The number of aromatic nitrogens is 1. The maximum absolute atomic E-state index is 14.9. The van der Waals surface area contributed by atoms with E-state index in [1.165, 1.54) is 0 Å². The van der Waals surface area contributed by atoms with Gasteiger partial charge in [0.05, 0.1) is 30.9 Å². The number of para-hydroxylation sites is 1. The molecule has 0 aliphatic carbocycles. The quantitative estimate of drug-likeness (QED) is 0.190. The summed E-state index contributed by atoms with van der Waals surface area (Å²) in [5, 5.41) is 29.1. The Bertz CT molecular complexity index is 2230. The monoisotopic (exact) mass is 739 g/mol. The number of methoxy groups -OCH3 is 1. The van der Waals surface area contributed by atoms with E-state index < -0.39 is 17.8 Å². The number of phenolic OH excluding ortho intramolecular Hbond substituents is 1. The highest BCUT2D eigenvalue weighted by Gasteiger charge is 2.61. The van der Waals surface area contributed by atoms with Gasteiger partial charge in [-0.2, -0.15) is 0 Å². The minimum Gasteiger partial charge on any atom is -0.504 e. The van der Waals surface area contributed by atoms with Gasteiger partial charge in [-0.3, -0.25) is 15.1 Å². The molecular formula is C40H45N5O7S. The van der Waals surface area contributed by atoms with Crippen LogP contribution in [0.3, 0.4) is 0 Å². The van der Waals surface area contributed by atoms with Crippen molar-refractivity contribution < 1.29 is 34.0 Å². The number of aliphatic hydroxyl groups is 1. The second-order valence-electron chi connectivity index (χ2n) is 15.6. The number of nitrogens with one attached hydrogen (secondary N) is 2. The third-order valence-corrected chi connectivity index (χ3v) is 14.6. The van der Waals surface area contributed by atoms with Crippen molar-refractivity contribution in [3.8, 4) is 23.0 Å². The maximum atomic E-state index is 14.9. The van der Waals surface area contributed by atoms with Gasteiger partial charge in [-0.05, 0) is 80.1 Å². The first-order chi connectivity index (χ1) is 25.6. The second-order valence-corrected chi connectivity index (χ2v) is 16.7. The van der Waals surface area contributed by atoms with Crippen molar-refractivity contribution in [3.05, 3.63) is 80.5 Å². The Hall–Kier alpha value is -3.98. The number of thioether (sulfide) groups is 1. The normalized spacial score (nSPS) is 31.5. The molecule has 13 heteroatoms. The van der Waals surface area contributed by atoms with E-state index in [2.05, 4.69) is 46.1 Å². The molecule has 11 rings (SSSR count). The Balaban J connectivity index is 1.22. The molecule has 1 spiro atoms. The van der Waals surface area contributed by atoms with Crippen molar-refractivity contribution in [1.29, 1.82) is 0 Å². The fourth-order valence-electron chi connectivity index (χ4n) is 10.7. The van der Waals surface area contributed by atoms with E-state index in [-0.39, 0.29) is 54.5 Å². The lowest BCUT2D eigenvalue weighted by Crippen LogP contribution is -2.70. The van der Waals surface area contributed by atoms with E-state index >= 15 is 0 Å². The highest BCUT2D eigenvalue weighted by atomic mass is 32.2. The fourth-order valence-corrected chi connectivity index (χ4v) is 12.4. The highest BCUT2D eigenvalue weighted by molar-refractivity contribution is 7.99. The third kappa shape index (κ3) is 4.34. The Morgan fingerprint density at radius 3 is 2.66 bits per heavy atom. The highest BCUT2D eigenvalue weighted by Crippen LogP contribution is 2.63. The van der Waals surface area contributed by atoms with Crippen molar-refractivity contribution >= 4 is 28.6 Å². The SMILES string of the molecule is COc1c(C)cc2c(c1O)[C@@H]1[C@@H]3[C@@H]4SC[C@]5(N[C@H](CN)Cc6c5[nH]c5ccccc65)C(=O)OC[C@@H](c5c6c(c(C)c(C)c54)OCO6)N3[C@@H](O)[C@H](C2)N1C. The summed E-state index contributed by atoms with van der Waals surface area (Å²) in [7, 11) is 3.64. The number of nitrogens with zero attached hydrogens (tertiary/aromatic N) is 2. The number of aryl methyl sites for hydroxylation is 1. The number of benzene rings is 3. The van der Waals surface area contributed by atoms with Gasteiger partial charge in [0.15, 0.2) is 28.5 Å². The summed E-state index contributed by atoms with van der Waals surface area (Å²) in [4.78, 5) is 22.9. The van der Waals surface area contributed by atoms with E-state index in [1.807, 2.05) is 32.2 Å². The van der Waals surface area contributed by atoms with Crippen molar-refractivity contribution in [2.45, 2.75) is 80.8 Å². The van der Waals surface area contributed by atoms with Crippen molar-refractivity contribution in [2.75, 3.05) is 39.9 Å². The second kappa shape index (κ2) is 11.8. The summed E-state index contributed by atoms with van der Waals surface area (Å²) in [5.41, 5.74) is 14.8. The van der Waals surface area contributed by atoms with Crippen LogP contribution in [0.15, 0.2) is 30.3 Å². The minimum atomic E-state index is -1.22. The smallest absolute Gasteiger partial charge is 0.333 e. The minimum absolute atomic E-state index is 0.0272. The zero-order chi connectivity index (χ0) is 36.7. The first-order valence-corrected chi connectivity index (χ1v) is 19.5. The molecule has 8 atom stereocenters. The van der Waals surface area contributed by atoms with E-state index in [0.29, 0.717) is 42.4 Å². The summed E-state index contributed by atoms with van der Waals surface area (Å²) in [6, 6.07) is 8.57. The first kappa shape index (κ1) is 33.6. The number of ether oxygens (including phenoxy) is 4. The van der Waals surface area contributed by atoms with Gasteiger partial charge in [0.25, 0.3) is 0 Å². The van der Waals surface area contributed by atoms with Crippen LogP contribution >= 0.6 is 11.8 Å². The number of hydrogen-bond acceptors (Lipinski definition) is 12. The van der Waals surface area contributed by atoms with Gasteiger partial charge >= 0.3 is 5.97 Å². The molecule has 2 saturated heterocycles. The molecule has 1 aromatic heterocycles. The predicted molar refractivity (Wildman–Crippen MR) is 200 cm³/mol. The van der Waals surface area contributed by atoms with E-state index in [1.54, 1.807) is 18.9 Å². The van der Waals surface area contributed by atoms with Gasteiger partial charge in [-0.15, -0.1) is 11.8 Å². The topological polar surface area (TPSA) is 155 Å². The van der Waals surface area contributed by atoms with Gasteiger partial charge < -0.3 is 39.9 Å². The van der Waals surface area contributed by atoms with E-state index in [0.717, 1.165) is 61.1 Å². The van der Waals surface area contributed by atoms with E-state index in [4.69, 9.17) is 24.7 Å². The molecule has 4 aromatic rings. The van der Waals surface area contributed by atoms with E-state index in [9.17, 15) is 15.0 Å². The molecule has 278 valence electrons. The fraction of sp³-hybridized carbons (Fsp3) is 0.475. The summed E-state index contributed by atoms with van der Waals surface area (Å²) in [6.45, 7) is 6.56. The average molecular weight is 740 g/mol. The number of aromatic amines is 1. The van der Waals surface area contributed by atoms with Crippen LogP contribution in [-0.4, -0.2) is 95.2 Å². The van der Waals surface area contributed by atoms with Crippen molar-refractivity contribution in [3.63, 3.8) is 0 Å². The van der Waals surface area contributed by atoms with Crippen LogP contribution in [0, 0.1) is 20.8 Å². The number of likely N-dealkylation sites (N-methyl/N-ethyl adjacent to an activating group) is 1. The number of carbonyl (C=O) groups is 1. The lowest BCUT2D eigenvalue weighted by atomic mass is 9.72. The number of H-pyrrole nitrogens is 1. The third-order valence-electron chi connectivity index (χ3n) is 13.1. The molecular weight excluding hydrogens is 695 g/mol. The number of piperazine rings is 1. The van der Waals surface area contributed by atoms with Gasteiger partial charge in [0, 0.05) is 51.7 Å². The van der Waals surface area contributed by atoms with Crippen LogP contribution in [0.1, 0.15) is 67.5 Å². The summed E-state index contributed by atoms with van der Waals surface area (Å²) in [5.74, 6) is 1.88. The number of nitrogens with two attached hydrogens (primary N) is 1. The van der Waals surface area contributed by atoms with Gasteiger partial charge in [-0.25, -0.2) is 4.79 Å². The number of hydrogen-bond donors (Lipinski definition) is 5. The molecule has 8 heterocycles. The van der Waals surface area contributed by atoms with Gasteiger partial charge in [-0.1, -0.05) is 24.3 Å². The molecule has 53 heavy (non-hydrogen) atoms. The summed E-state index contributed by atoms with van der Waals surface area (Å²) >= 11 is 1.68. The number of phenols is 1.